The summed E-state index contributed by atoms with van der Waals surface area (Å²) >= 11 is 0. The molecule has 19 heavy (non-hydrogen) atoms. The van der Waals surface area contributed by atoms with Crippen LogP contribution < -0.4 is 11.1 Å². The normalized spacial score (nSPS) is 14.2. The van der Waals surface area contributed by atoms with Gasteiger partial charge in [-0.3, -0.25) is 4.79 Å². The first-order valence-electron chi connectivity index (χ1n) is 6.69. The van der Waals surface area contributed by atoms with Gasteiger partial charge in [-0.15, -0.1) is 0 Å². The fourth-order valence-corrected chi connectivity index (χ4v) is 2.06. The fraction of sp³-hybridized carbons (Fsp3) is 0.533. The highest BCUT2D eigenvalue weighted by Gasteiger charge is 2.21. The van der Waals surface area contributed by atoms with Crippen molar-refractivity contribution >= 4 is 5.91 Å². The quantitative estimate of drug-likeness (QED) is 0.828. The molecule has 4 heteroatoms. The highest BCUT2D eigenvalue weighted by molar-refractivity contribution is 5.79. The molecule has 1 rings (SSSR count). The van der Waals surface area contributed by atoms with E-state index in [1.165, 1.54) is 12.1 Å². The molecule has 0 saturated carbocycles. The van der Waals surface area contributed by atoms with E-state index in [-0.39, 0.29) is 29.6 Å². The zero-order valence-corrected chi connectivity index (χ0v) is 11.8. The molecule has 0 aromatic heterocycles. The highest BCUT2D eigenvalue weighted by Crippen LogP contribution is 2.11. The molecule has 2 unspecified atom stereocenters. The van der Waals surface area contributed by atoms with Crippen molar-refractivity contribution in [2.45, 2.75) is 33.2 Å². The molecule has 1 amide bonds. The van der Waals surface area contributed by atoms with Crippen LogP contribution in [0.1, 0.15) is 26.3 Å². The van der Waals surface area contributed by atoms with Crippen LogP contribution in [0.5, 0.6) is 0 Å². The molecule has 1 aromatic rings. The van der Waals surface area contributed by atoms with E-state index in [4.69, 9.17) is 5.73 Å². The average Bonchev–Trinajstić information content (AvgIpc) is 2.32. The predicted octanol–water partition coefficient (Wildman–Crippen LogP) is 2.10. The van der Waals surface area contributed by atoms with E-state index in [0.29, 0.717) is 13.0 Å². The zero-order chi connectivity index (χ0) is 14.4. The van der Waals surface area contributed by atoms with Crippen LogP contribution in [-0.4, -0.2) is 18.5 Å². The van der Waals surface area contributed by atoms with E-state index in [0.717, 1.165) is 5.56 Å². The maximum absolute atomic E-state index is 12.8. The SMILES string of the molecule is CC(Cc1ccc(F)cc1)NC(=O)C(CN)C(C)C. The van der Waals surface area contributed by atoms with Crippen LogP contribution in [0.25, 0.3) is 0 Å². The minimum atomic E-state index is -0.247. The Kier molecular flexibility index (Phi) is 5.96. The highest BCUT2D eigenvalue weighted by atomic mass is 19.1. The summed E-state index contributed by atoms with van der Waals surface area (Å²) in [6.45, 7) is 6.27. The summed E-state index contributed by atoms with van der Waals surface area (Å²) in [5, 5.41) is 2.96. The van der Waals surface area contributed by atoms with Gasteiger partial charge in [-0.2, -0.15) is 0 Å². The maximum Gasteiger partial charge on any atom is 0.224 e. The molecule has 0 aliphatic carbocycles. The monoisotopic (exact) mass is 266 g/mol. The van der Waals surface area contributed by atoms with Crippen LogP contribution in [-0.2, 0) is 11.2 Å². The lowest BCUT2D eigenvalue weighted by Gasteiger charge is -2.21. The third-order valence-corrected chi connectivity index (χ3v) is 3.24. The van der Waals surface area contributed by atoms with Crippen molar-refractivity contribution in [3.05, 3.63) is 35.6 Å². The minimum absolute atomic E-state index is 0.00533. The number of halogens is 1. The lowest BCUT2D eigenvalue weighted by atomic mass is 9.94. The molecule has 0 heterocycles. The van der Waals surface area contributed by atoms with Gasteiger partial charge in [0.2, 0.25) is 5.91 Å². The van der Waals surface area contributed by atoms with Crippen LogP contribution >= 0.6 is 0 Å². The lowest BCUT2D eigenvalue weighted by Crippen LogP contribution is -2.42. The third-order valence-electron chi connectivity index (χ3n) is 3.24. The van der Waals surface area contributed by atoms with Crippen LogP contribution in [0.3, 0.4) is 0 Å². The molecule has 0 aliphatic rings. The topological polar surface area (TPSA) is 55.1 Å². The minimum Gasteiger partial charge on any atom is -0.353 e. The van der Waals surface area contributed by atoms with Crippen molar-refractivity contribution in [1.82, 2.24) is 5.32 Å². The van der Waals surface area contributed by atoms with Crippen LogP contribution in [0.15, 0.2) is 24.3 Å². The van der Waals surface area contributed by atoms with Gasteiger partial charge >= 0.3 is 0 Å². The van der Waals surface area contributed by atoms with E-state index in [2.05, 4.69) is 5.32 Å². The molecule has 3 N–H and O–H groups in total. The van der Waals surface area contributed by atoms with E-state index in [9.17, 15) is 9.18 Å². The van der Waals surface area contributed by atoms with Gasteiger partial charge in [-0.05, 0) is 37.0 Å². The zero-order valence-electron chi connectivity index (χ0n) is 11.8. The number of rotatable bonds is 6. The Morgan fingerprint density at radius 3 is 2.32 bits per heavy atom. The van der Waals surface area contributed by atoms with Crippen molar-refractivity contribution in [3.63, 3.8) is 0 Å². The van der Waals surface area contributed by atoms with Crippen molar-refractivity contribution in [1.29, 1.82) is 0 Å². The van der Waals surface area contributed by atoms with Gasteiger partial charge < -0.3 is 11.1 Å². The molecule has 1 aromatic carbocycles. The molecule has 106 valence electrons. The summed E-state index contributed by atoms with van der Waals surface area (Å²) in [4.78, 5) is 12.0. The van der Waals surface area contributed by atoms with Crippen LogP contribution in [0.4, 0.5) is 4.39 Å². The summed E-state index contributed by atoms with van der Waals surface area (Å²) in [6.07, 6.45) is 0.682. The lowest BCUT2D eigenvalue weighted by molar-refractivity contribution is -0.126. The number of amides is 1. The summed E-state index contributed by atoms with van der Waals surface area (Å²) in [5.41, 5.74) is 6.62. The average molecular weight is 266 g/mol. The first-order valence-corrected chi connectivity index (χ1v) is 6.69. The second-order valence-electron chi connectivity index (χ2n) is 5.33. The van der Waals surface area contributed by atoms with Gasteiger partial charge in [0, 0.05) is 12.6 Å². The Hall–Kier alpha value is -1.42. The van der Waals surface area contributed by atoms with Gasteiger partial charge in [-0.25, -0.2) is 4.39 Å². The summed E-state index contributed by atoms with van der Waals surface area (Å²) in [5.74, 6) is -0.186. The van der Waals surface area contributed by atoms with Crippen molar-refractivity contribution < 1.29 is 9.18 Å². The second kappa shape index (κ2) is 7.24. The standard InChI is InChI=1S/C15H23FN2O/c1-10(2)14(9-17)15(19)18-11(3)8-12-4-6-13(16)7-5-12/h4-7,10-11,14H,8-9,17H2,1-3H3,(H,18,19). The molecule has 0 bridgehead atoms. The summed E-state index contributed by atoms with van der Waals surface area (Å²) in [6, 6.07) is 6.34. The predicted molar refractivity (Wildman–Crippen MR) is 75.1 cm³/mol. The molecule has 0 radical (unpaired) electrons. The molecular weight excluding hydrogens is 243 g/mol. The number of carbonyl (C=O) groups is 1. The van der Waals surface area contributed by atoms with Crippen LogP contribution in [0.2, 0.25) is 0 Å². The van der Waals surface area contributed by atoms with Crippen LogP contribution in [0, 0.1) is 17.7 Å². The number of benzene rings is 1. The van der Waals surface area contributed by atoms with Gasteiger partial charge in [0.15, 0.2) is 0 Å². The Balaban J connectivity index is 2.52. The Labute approximate surface area is 114 Å². The second-order valence-corrected chi connectivity index (χ2v) is 5.33. The summed E-state index contributed by atoms with van der Waals surface area (Å²) in [7, 11) is 0. The van der Waals surface area contributed by atoms with Crippen molar-refractivity contribution in [3.8, 4) is 0 Å². The summed E-state index contributed by atoms with van der Waals surface area (Å²) < 4.78 is 12.8. The molecule has 3 nitrogen and oxygen atoms in total. The largest absolute Gasteiger partial charge is 0.353 e. The number of hydrogen-bond donors (Lipinski definition) is 2. The number of hydrogen-bond acceptors (Lipinski definition) is 2. The van der Waals surface area contributed by atoms with Gasteiger partial charge in [0.25, 0.3) is 0 Å². The third kappa shape index (κ3) is 4.99. The van der Waals surface area contributed by atoms with Crippen molar-refractivity contribution in [2.24, 2.45) is 17.6 Å². The number of carbonyl (C=O) groups excluding carboxylic acids is 1. The Morgan fingerprint density at radius 2 is 1.84 bits per heavy atom. The van der Waals surface area contributed by atoms with E-state index < -0.39 is 0 Å². The Bertz CT molecular complexity index is 403. The Morgan fingerprint density at radius 1 is 1.26 bits per heavy atom. The molecular formula is C15H23FN2O. The fourth-order valence-electron chi connectivity index (χ4n) is 2.06. The molecule has 0 saturated heterocycles. The smallest absolute Gasteiger partial charge is 0.224 e. The molecule has 0 aliphatic heterocycles. The molecule has 0 fully saturated rings. The van der Waals surface area contributed by atoms with E-state index >= 15 is 0 Å². The van der Waals surface area contributed by atoms with Gasteiger partial charge in [-0.1, -0.05) is 26.0 Å². The molecule has 0 spiro atoms. The van der Waals surface area contributed by atoms with E-state index in [1.54, 1.807) is 12.1 Å². The number of nitrogens with one attached hydrogen (secondary N) is 1. The van der Waals surface area contributed by atoms with E-state index in [1.807, 2.05) is 20.8 Å². The first kappa shape index (κ1) is 15.6. The first-order chi connectivity index (χ1) is 8.93. The van der Waals surface area contributed by atoms with Crippen molar-refractivity contribution in [2.75, 3.05) is 6.54 Å². The number of nitrogens with two attached hydrogens (primary N) is 1. The molecule has 2 atom stereocenters. The van der Waals surface area contributed by atoms with Gasteiger partial charge in [0.1, 0.15) is 5.82 Å². The van der Waals surface area contributed by atoms with Gasteiger partial charge in [0.05, 0.1) is 5.92 Å². The maximum atomic E-state index is 12.8.